The second kappa shape index (κ2) is 9.97. The number of anilines is 1. The molecule has 0 bridgehead atoms. The van der Waals surface area contributed by atoms with Gasteiger partial charge in [0.1, 0.15) is 0 Å². The van der Waals surface area contributed by atoms with Gasteiger partial charge in [0.15, 0.2) is 5.13 Å². The topological polar surface area (TPSA) is 79.4 Å². The van der Waals surface area contributed by atoms with E-state index in [4.69, 9.17) is 0 Å². The second-order valence-corrected chi connectivity index (χ2v) is 9.75. The average Bonchev–Trinajstić information content (AvgIpc) is 3.14. The predicted octanol–water partition coefficient (Wildman–Crippen LogP) is 4.76. The van der Waals surface area contributed by atoms with Crippen LogP contribution in [0.3, 0.4) is 0 Å². The van der Waals surface area contributed by atoms with Crippen LogP contribution in [0.25, 0.3) is 16.3 Å². The van der Waals surface area contributed by atoms with Crippen molar-refractivity contribution in [2.45, 2.75) is 31.6 Å². The van der Waals surface area contributed by atoms with Crippen LogP contribution in [-0.2, 0) is 14.8 Å². The molecule has 3 aromatic rings. The number of rotatable bonds is 9. The first-order chi connectivity index (χ1) is 14.4. The molecule has 0 radical (unpaired) electrons. The van der Waals surface area contributed by atoms with Gasteiger partial charge in [-0.3, -0.25) is 10.1 Å². The van der Waals surface area contributed by atoms with Crippen molar-refractivity contribution < 1.29 is 13.2 Å². The maximum Gasteiger partial charge on any atom is 0.250 e. The van der Waals surface area contributed by atoms with Crippen molar-refractivity contribution in [3.05, 3.63) is 60.2 Å². The number of sulfonamides is 1. The van der Waals surface area contributed by atoms with Crippen molar-refractivity contribution in [3.63, 3.8) is 0 Å². The Morgan fingerprint density at radius 3 is 2.47 bits per heavy atom. The molecule has 158 valence electrons. The Morgan fingerprint density at radius 2 is 1.80 bits per heavy atom. The van der Waals surface area contributed by atoms with Crippen LogP contribution < -0.4 is 5.32 Å². The summed E-state index contributed by atoms with van der Waals surface area (Å²) in [4.78, 5) is 16.8. The van der Waals surface area contributed by atoms with Crippen molar-refractivity contribution in [1.82, 2.24) is 9.29 Å². The van der Waals surface area contributed by atoms with E-state index in [1.807, 2.05) is 44.2 Å². The van der Waals surface area contributed by atoms with E-state index in [0.29, 0.717) is 28.4 Å². The molecule has 0 atom stereocenters. The van der Waals surface area contributed by atoms with Gasteiger partial charge in [0.2, 0.25) is 15.9 Å². The summed E-state index contributed by atoms with van der Waals surface area (Å²) >= 11 is 1.26. The van der Waals surface area contributed by atoms with Crippen LogP contribution in [0, 0.1) is 0 Å². The molecule has 0 spiro atoms. The molecular weight excluding hydrogens is 418 g/mol. The molecule has 3 rings (SSSR count). The Labute approximate surface area is 181 Å². The minimum Gasteiger partial charge on any atom is -0.298 e. The molecule has 0 aliphatic heterocycles. The Morgan fingerprint density at radius 1 is 1.10 bits per heavy atom. The van der Waals surface area contributed by atoms with Gasteiger partial charge in [0, 0.05) is 19.2 Å². The summed E-state index contributed by atoms with van der Waals surface area (Å²) in [6.07, 6.45) is 4.69. The van der Waals surface area contributed by atoms with Crippen molar-refractivity contribution in [2.24, 2.45) is 0 Å². The monoisotopic (exact) mass is 443 g/mol. The van der Waals surface area contributed by atoms with Crippen LogP contribution in [0.5, 0.6) is 0 Å². The molecular formula is C22H25N3O3S2. The third kappa shape index (κ3) is 5.33. The highest BCUT2D eigenvalue weighted by Gasteiger charge is 2.23. The molecule has 1 N–H and O–H groups in total. The lowest BCUT2D eigenvalue weighted by molar-refractivity contribution is -0.111. The molecule has 2 aromatic carbocycles. The first-order valence-electron chi connectivity index (χ1n) is 9.89. The lowest BCUT2D eigenvalue weighted by Crippen LogP contribution is -2.32. The summed E-state index contributed by atoms with van der Waals surface area (Å²) in [7, 11) is -3.56. The van der Waals surface area contributed by atoms with Gasteiger partial charge in [-0.05, 0) is 42.7 Å². The highest BCUT2D eigenvalue weighted by atomic mass is 32.2. The van der Waals surface area contributed by atoms with Crippen LogP contribution >= 0.6 is 11.3 Å². The van der Waals surface area contributed by atoms with Gasteiger partial charge >= 0.3 is 0 Å². The average molecular weight is 444 g/mol. The first kappa shape index (κ1) is 22.1. The van der Waals surface area contributed by atoms with E-state index in [0.717, 1.165) is 18.4 Å². The fourth-order valence-corrected chi connectivity index (χ4v) is 5.64. The van der Waals surface area contributed by atoms with Gasteiger partial charge in [0.25, 0.3) is 0 Å². The third-order valence-electron chi connectivity index (χ3n) is 4.40. The van der Waals surface area contributed by atoms with Gasteiger partial charge < -0.3 is 0 Å². The lowest BCUT2D eigenvalue weighted by atomic mass is 10.2. The Bertz CT molecular complexity index is 1130. The van der Waals surface area contributed by atoms with Gasteiger partial charge in [-0.15, -0.1) is 0 Å². The maximum absolute atomic E-state index is 13.0. The van der Waals surface area contributed by atoms with Crippen LogP contribution in [0.15, 0.2) is 59.5 Å². The quantitative estimate of drug-likeness (QED) is 0.484. The zero-order valence-corrected chi connectivity index (χ0v) is 18.7. The van der Waals surface area contributed by atoms with Gasteiger partial charge in [-0.2, -0.15) is 4.31 Å². The Balaban J connectivity index is 1.78. The first-order valence-corrected chi connectivity index (χ1v) is 12.1. The van der Waals surface area contributed by atoms with Crippen LogP contribution in [0.4, 0.5) is 5.13 Å². The van der Waals surface area contributed by atoms with E-state index in [1.54, 1.807) is 24.3 Å². The van der Waals surface area contributed by atoms with Gasteiger partial charge in [-0.1, -0.05) is 55.5 Å². The van der Waals surface area contributed by atoms with Crippen molar-refractivity contribution in [3.8, 4) is 0 Å². The molecule has 1 amide bonds. The second-order valence-electron chi connectivity index (χ2n) is 6.79. The zero-order valence-electron chi connectivity index (χ0n) is 17.0. The number of hydrogen-bond acceptors (Lipinski definition) is 5. The van der Waals surface area contributed by atoms with E-state index >= 15 is 0 Å². The van der Waals surface area contributed by atoms with E-state index in [9.17, 15) is 13.2 Å². The predicted molar refractivity (Wildman–Crippen MR) is 123 cm³/mol. The fourth-order valence-electron chi connectivity index (χ4n) is 3.00. The Kier molecular flexibility index (Phi) is 7.36. The molecule has 30 heavy (non-hydrogen) atoms. The normalized spacial score (nSPS) is 12.1. The number of benzene rings is 2. The minimum absolute atomic E-state index is 0.252. The summed E-state index contributed by atoms with van der Waals surface area (Å²) in [5.74, 6) is -0.289. The summed E-state index contributed by atoms with van der Waals surface area (Å²) in [6.45, 7) is 4.91. The standard InChI is InChI=1S/C22H25N3O3S2/c1-3-14-25(15-4-2)30(27,28)18-11-12-19-20(16-18)29-22(23-19)24-21(26)13-10-17-8-6-5-7-9-17/h5-13,16H,3-4,14-15H2,1-2H3,(H,23,24,26). The molecule has 0 aliphatic rings. The minimum atomic E-state index is -3.56. The van der Waals surface area contributed by atoms with E-state index < -0.39 is 10.0 Å². The summed E-state index contributed by atoms with van der Waals surface area (Å²) in [5, 5.41) is 3.18. The number of nitrogens with zero attached hydrogens (tertiary/aromatic N) is 2. The van der Waals surface area contributed by atoms with Gasteiger partial charge in [-0.25, -0.2) is 13.4 Å². The van der Waals surface area contributed by atoms with Crippen LogP contribution in [0.2, 0.25) is 0 Å². The molecule has 1 heterocycles. The molecule has 0 aliphatic carbocycles. The molecule has 1 aromatic heterocycles. The molecule has 0 saturated carbocycles. The van der Waals surface area contributed by atoms with Crippen LogP contribution in [0.1, 0.15) is 32.3 Å². The largest absolute Gasteiger partial charge is 0.298 e. The molecule has 0 saturated heterocycles. The van der Waals surface area contributed by atoms with E-state index in [1.165, 1.54) is 21.7 Å². The number of carbonyl (C=O) groups is 1. The third-order valence-corrected chi connectivity index (χ3v) is 7.23. The summed E-state index contributed by atoms with van der Waals surface area (Å²) in [5.41, 5.74) is 1.58. The highest BCUT2D eigenvalue weighted by Crippen LogP contribution is 2.29. The van der Waals surface area contributed by atoms with Crippen molar-refractivity contribution in [1.29, 1.82) is 0 Å². The fraction of sp³-hybridized carbons (Fsp3) is 0.273. The summed E-state index contributed by atoms with van der Waals surface area (Å²) in [6, 6.07) is 14.4. The number of fused-ring (bicyclic) bond motifs is 1. The number of amides is 1. The molecule has 0 unspecified atom stereocenters. The molecule has 0 fully saturated rings. The number of thiazole rings is 1. The van der Waals surface area contributed by atoms with E-state index in [-0.39, 0.29) is 10.8 Å². The SMILES string of the molecule is CCCN(CCC)S(=O)(=O)c1ccc2nc(NC(=O)C=Cc3ccccc3)sc2c1. The molecule has 8 heteroatoms. The number of nitrogens with one attached hydrogen (secondary N) is 1. The number of aromatic nitrogens is 1. The Hall–Kier alpha value is -2.55. The van der Waals surface area contributed by atoms with Crippen molar-refractivity contribution >= 4 is 48.7 Å². The highest BCUT2D eigenvalue weighted by molar-refractivity contribution is 7.89. The maximum atomic E-state index is 13.0. The van der Waals surface area contributed by atoms with Gasteiger partial charge in [0.05, 0.1) is 15.1 Å². The zero-order chi connectivity index (χ0) is 21.6. The van der Waals surface area contributed by atoms with Crippen LogP contribution in [-0.4, -0.2) is 36.7 Å². The number of hydrogen-bond donors (Lipinski definition) is 1. The summed E-state index contributed by atoms with van der Waals surface area (Å²) < 4.78 is 28.2. The van der Waals surface area contributed by atoms with Crippen molar-refractivity contribution in [2.75, 3.05) is 18.4 Å². The smallest absolute Gasteiger partial charge is 0.250 e. The molecule has 6 nitrogen and oxygen atoms in total. The van der Waals surface area contributed by atoms with E-state index in [2.05, 4.69) is 10.3 Å². The lowest BCUT2D eigenvalue weighted by Gasteiger charge is -2.20. The number of carbonyl (C=O) groups excluding carboxylic acids is 1.